The summed E-state index contributed by atoms with van der Waals surface area (Å²) in [6, 6.07) is 9.28. The van der Waals surface area contributed by atoms with Gasteiger partial charge in [0.1, 0.15) is 17.2 Å². The standard InChI is InChI=1S/C15H17N3O4S/c1-10-7-12(3-5-14(10)18-19)22-15-6-4-13(23(16,20)21)8-11(15)9-17-2/h3-8,17H,9H2,1-2H3,(H2,16,20,21). The van der Waals surface area contributed by atoms with Gasteiger partial charge in [0.2, 0.25) is 10.0 Å². The molecule has 0 aliphatic rings. The third-order valence-corrected chi connectivity index (χ3v) is 4.13. The zero-order valence-corrected chi connectivity index (χ0v) is 13.6. The average Bonchev–Trinajstić information content (AvgIpc) is 2.48. The van der Waals surface area contributed by atoms with Crippen molar-refractivity contribution in [2.75, 3.05) is 7.05 Å². The van der Waals surface area contributed by atoms with Gasteiger partial charge in [-0.25, -0.2) is 13.6 Å². The lowest BCUT2D eigenvalue weighted by molar-refractivity contribution is 0.473. The van der Waals surface area contributed by atoms with E-state index in [9.17, 15) is 13.3 Å². The lowest BCUT2D eigenvalue weighted by Crippen LogP contribution is -2.14. The summed E-state index contributed by atoms with van der Waals surface area (Å²) in [5.41, 5.74) is 1.68. The minimum Gasteiger partial charge on any atom is -0.457 e. The van der Waals surface area contributed by atoms with Crippen LogP contribution in [0.2, 0.25) is 0 Å². The number of hydrogen-bond donors (Lipinski definition) is 2. The summed E-state index contributed by atoms with van der Waals surface area (Å²) in [5.74, 6) is 1.02. The molecule has 0 saturated heterocycles. The van der Waals surface area contributed by atoms with Gasteiger partial charge < -0.3 is 10.1 Å². The van der Waals surface area contributed by atoms with Gasteiger partial charge in [0.25, 0.3) is 0 Å². The monoisotopic (exact) mass is 335 g/mol. The van der Waals surface area contributed by atoms with Crippen molar-refractivity contribution in [1.82, 2.24) is 5.32 Å². The van der Waals surface area contributed by atoms with Crippen LogP contribution in [0.25, 0.3) is 0 Å². The van der Waals surface area contributed by atoms with Gasteiger partial charge in [-0.2, -0.15) is 0 Å². The van der Waals surface area contributed by atoms with E-state index in [1.807, 2.05) is 0 Å². The van der Waals surface area contributed by atoms with Crippen LogP contribution < -0.4 is 15.2 Å². The summed E-state index contributed by atoms with van der Waals surface area (Å²) in [5, 5.41) is 11.0. The molecule has 0 heterocycles. The van der Waals surface area contributed by atoms with Crippen molar-refractivity contribution in [1.29, 1.82) is 0 Å². The molecule has 122 valence electrons. The number of hydrogen-bond acceptors (Lipinski definition) is 6. The van der Waals surface area contributed by atoms with E-state index in [0.29, 0.717) is 34.9 Å². The predicted octanol–water partition coefficient (Wildman–Crippen LogP) is 2.55. The third-order valence-electron chi connectivity index (χ3n) is 3.22. The third kappa shape index (κ3) is 4.13. The van der Waals surface area contributed by atoms with Crippen molar-refractivity contribution in [2.24, 2.45) is 10.3 Å². The molecule has 0 amide bonds. The molecular formula is C15H17N3O4S. The Labute approximate surface area is 134 Å². The lowest BCUT2D eigenvalue weighted by atomic mass is 10.2. The van der Waals surface area contributed by atoms with Gasteiger partial charge in [-0.1, -0.05) is 0 Å². The number of sulfonamides is 1. The Morgan fingerprint density at radius 1 is 1.22 bits per heavy atom. The van der Waals surface area contributed by atoms with Gasteiger partial charge in [0, 0.05) is 12.1 Å². The molecule has 0 aliphatic carbocycles. The molecule has 0 saturated carbocycles. The van der Waals surface area contributed by atoms with Crippen molar-refractivity contribution >= 4 is 15.7 Å². The molecule has 0 atom stereocenters. The summed E-state index contributed by atoms with van der Waals surface area (Å²) in [4.78, 5) is 10.6. The number of nitrogens with one attached hydrogen (secondary N) is 1. The van der Waals surface area contributed by atoms with Crippen LogP contribution in [-0.4, -0.2) is 15.5 Å². The summed E-state index contributed by atoms with van der Waals surface area (Å²) in [6.45, 7) is 2.16. The number of rotatable bonds is 6. The summed E-state index contributed by atoms with van der Waals surface area (Å²) >= 11 is 0. The molecule has 0 bridgehead atoms. The molecule has 3 N–H and O–H groups in total. The zero-order valence-electron chi connectivity index (χ0n) is 12.7. The minimum absolute atomic E-state index is 0.0202. The molecule has 0 fully saturated rings. The van der Waals surface area contributed by atoms with E-state index in [-0.39, 0.29) is 4.90 Å². The molecule has 2 aromatic rings. The second-order valence-corrected chi connectivity index (χ2v) is 6.55. The highest BCUT2D eigenvalue weighted by molar-refractivity contribution is 7.89. The van der Waals surface area contributed by atoms with E-state index in [2.05, 4.69) is 10.5 Å². The number of ether oxygens (including phenoxy) is 1. The summed E-state index contributed by atoms with van der Waals surface area (Å²) in [7, 11) is -2.04. The fourth-order valence-electron chi connectivity index (χ4n) is 2.08. The maximum atomic E-state index is 11.5. The first-order valence-electron chi connectivity index (χ1n) is 6.77. The number of nitrogens with two attached hydrogens (primary N) is 1. The molecule has 0 radical (unpaired) electrons. The first-order valence-corrected chi connectivity index (χ1v) is 8.32. The minimum atomic E-state index is -3.78. The van der Waals surface area contributed by atoms with Gasteiger partial charge >= 0.3 is 0 Å². The van der Waals surface area contributed by atoms with Gasteiger partial charge in [0.05, 0.1) is 4.90 Å². The Bertz CT molecular complexity index is 835. The number of nitroso groups, excluding NO2 is 1. The van der Waals surface area contributed by atoms with Gasteiger partial charge in [0.15, 0.2) is 0 Å². The maximum absolute atomic E-state index is 11.5. The predicted molar refractivity (Wildman–Crippen MR) is 87.3 cm³/mol. The first-order chi connectivity index (χ1) is 10.8. The van der Waals surface area contributed by atoms with E-state index in [4.69, 9.17) is 9.88 Å². The maximum Gasteiger partial charge on any atom is 0.238 e. The fourth-order valence-corrected chi connectivity index (χ4v) is 2.65. The van der Waals surface area contributed by atoms with Crippen LogP contribution in [0.5, 0.6) is 11.5 Å². The van der Waals surface area contributed by atoms with Crippen molar-refractivity contribution < 1.29 is 13.2 Å². The lowest BCUT2D eigenvalue weighted by Gasteiger charge is -2.13. The molecule has 0 aliphatic heterocycles. The molecule has 7 nitrogen and oxygen atoms in total. The van der Waals surface area contributed by atoms with Crippen molar-refractivity contribution in [3.63, 3.8) is 0 Å². The molecule has 23 heavy (non-hydrogen) atoms. The van der Waals surface area contributed by atoms with Gasteiger partial charge in [-0.05, 0) is 61.1 Å². The molecule has 0 unspecified atom stereocenters. The van der Waals surface area contributed by atoms with E-state index in [1.54, 1.807) is 38.2 Å². The van der Waals surface area contributed by atoms with E-state index >= 15 is 0 Å². The number of aryl methyl sites for hydroxylation is 1. The highest BCUT2D eigenvalue weighted by atomic mass is 32.2. The molecule has 8 heteroatoms. The number of benzene rings is 2. The van der Waals surface area contributed by atoms with Crippen LogP contribution in [-0.2, 0) is 16.6 Å². The van der Waals surface area contributed by atoms with Crippen LogP contribution in [0.3, 0.4) is 0 Å². The molecule has 0 spiro atoms. The Hall–Kier alpha value is -2.29. The van der Waals surface area contributed by atoms with Gasteiger partial charge in [-0.15, -0.1) is 4.91 Å². The Balaban J connectivity index is 2.39. The van der Waals surface area contributed by atoms with E-state index in [0.717, 1.165) is 0 Å². The smallest absolute Gasteiger partial charge is 0.238 e. The molecule has 2 aromatic carbocycles. The first kappa shape index (κ1) is 17.1. The zero-order chi connectivity index (χ0) is 17.0. The number of primary sulfonamides is 1. The summed E-state index contributed by atoms with van der Waals surface area (Å²) in [6.07, 6.45) is 0. The van der Waals surface area contributed by atoms with Crippen molar-refractivity contribution in [2.45, 2.75) is 18.4 Å². The quantitative estimate of drug-likeness (QED) is 0.788. The Morgan fingerprint density at radius 2 is 1.96 bits per heavy atom. The van der Waals surface area contributed by atoms with Crippen molar-refractivity contribution in [3.05, 3.63) is 52.4 Å². The van der Waals surface area contributed by atoms with E-state index < -0.39 is 10.0 Å². The van der Waals surface area contributed by atoms with Crippen LogP contribution >= 0.6 is 0 Å². The molecular weight excluding hydrogens is 318 g/mol. The largest absolute Gasteiger partial charge is 0.457 e. The highest BCUT2D eigenvalue weighted by Gasteiger charge is 2.13. The van der Waals surface area contributed by atoms with Crippen LogP contribution in [0, 0.1) is 11.8 Å². The van der Waals surface area contributed by atoms with E-state index in [1.165, 1.54) is 12.1 Å². The van der Waals surface area contributed by atoms with Crippen LogP contribution in [0.4, 0.5) is 5.69 Å². The summed E-state index contributed by atoms with van der Waals surface area (Å²) < 4.78 is 28.7. The SMILES string of the molecule is CNCc1cc(S(N)(=O)=O)ccc1Oc1ccc(N=O)c(C)c1. The highest BCUT2D eigenvalue weighted by Crippen LogP contribution is 2.30. The fraction of sp³-hybridized carbons (Fsp3) is 0.200. The Kier molecular flexibility index (Phi) is 5.09. The topological polar surface area (TPSA) is 111 Å². The van der Waals surface area contributed by atoms with Gasteiger partial charge in [-0.3, -0.25) is 0 Å². The normalized spacial score (nSPS) is 11.3. The second-order valence-electron chi connectivity index (χ2n) is 4.99. The molecule has 2 rings (SSSR count). The van der Waals surface area contributed by atoms with Crippen LogP contribution in [0.15, 0.2) is 46.5 Å². The second kappa shape index (κ2) is 6.86. The Morgan fingerprint density at radius 3 is 2.52 bits per heavy atom. The van der Waals surface area contributed by atoms with Crippen LogP contribution in [0.1, 0.15) is 11.1 Å². The number of nitrogens with zero attached hydrogens (tertiary/aromatic N) is 1. The average molecular weight is 335 g/mol. The van der Waals surface area contributed by atoms with Crippen molar-refractivity contribution in [3.8, 4) is 11.5 Å². The molecule has 0 aromatic heterocycles.